The quantitative estimate of drug-likeness (QED) is 0.298. The predicted molar refractivity (Wildman–Crippen MR) is 148 cm³/mol. The Hall–Kier alpha value is -5.18. The van der Waals surface area contributed by atoms with Crippen LogP contribution in [0.5, 0.6) is 23.0 Å². The second-order valence-corrected chi connectivity index (χ2v) is 8.82. The summed E-state index contributed by atoms with van der Waals surface area (Å²) in [7, 11) is 3.13. The van der Waals surface area contributed by atoms with Crippen molar-refractivity contribution in [2.45, 2.75) is 13.5 Å². The van der Waals surface area contributed by atoms with E-state index in [1.807, 2.05) is 37.3 Å². The van der Waals surface area contributed by atoms with Crippen molar-refractivity contribution in [2.24, 2.45) is 0 Å². The average Bonchev–Trinajstić information content (AvgIpc) is 2.95. The van der Waals surface area contributed by atoms with Gasteiger partial charge in [0.1, 0.15) is 22.9 Å². The van der Waals surface area contributed by atoms with Crippen molar-refractivity contribution in [1.29, 1.82) is 0 Å². The first kappa shape index (κ1) is 25.5. The van der Waals surface area contributed by atoms with Gasteiger partial charge in [0.25, 0.3) is 11.5 Å². The molecule has 0 saturated heterocycles. The van der Waals surface area contributed by atoms with Gasteiger partial charge in [0.2, 0.25) is 0 Å². The Bertz CT molecular complexity index is 1700. The maximum absolute atomic E-state index is 13.0. The molecule has 5 rings (SSSR count). The van der Waals surface area contributed by atoms with Gasteiger partial charge in [0.15, 0.2) is 11.5 Å². The normalized spacial score (nSPS) is 10.7. The van der Waals surface area contributed by atoms with Gasteiger partial charge >= 0.3 is 0 Å². The summed E-state index contributed by atoms with van der Waals surface area (Å²) in [5.41, 5.74) is 2.11. The highest BCUT2D eigenvalue weighted by Gasteiger charge is 2.15. The fourth-order valence-corrected chi connectivity index (χ4v) is 4.21. The maximum Gasteiger partial charge on any atom is 0.263 e. The van der Waals surface area contributed by atoms with Crippen LogP contribution in [0.3, 0.4) is 0 Å². The Morgan fingerprint density at radius 1 is 0.923 bits per heavy atom. The van der Waals surface area contributed by atoms with Crippen LogP contribution in [0.25, 0.3) is 10.9 Å². The Balaban J connectivity index is 1.34. The lowest BCUT2D eigenvalue weighted by molar-refractivity contribution is 0.102. The van der Waals surface area contributed by atoms with Crippen molar-refractivity contribution >= 4 is 22.6 Å². The second kappa shape index (κ2) is 11.1. The monoisotopic (exact) mass is 522 g/mol. The van der Waals surface area contributed by atoms with Crippen LogP contribution in [0.4, 0.5) is 5.82 Å². The van der Waals surface area contributed by atoms with E-state index in [1.54, 1.807) is 63.0 Å². The minimum Gasteiger partial charge on any atom is -0.493 e. The largest absolute Gasteiger partial charge is 0.493 e. The molecule has 2 aromatic carbocycles. The summed E-state index contributed by atoms with van der Waals surface area (Å²) in [6.07, 6.45) is 4.87. The first-order valence-corrected chi connectivity index (χ1v) is 12.2. The Labute approximate surface area is 224 Å². The van der Waals surface area contributed by atoms with E-state index < -0.39 is 5.91 Å². The number of aromatic nitrogens is 3. The van der Waals surface area contributed by atoms with Gasteiger partial charge in [0, 0.05) is 23.8 Å². The molecule has 0 unspecified atom stereocenters. The van der Waals surface area contributed by atoms with Crippen molar-refractivity contribution < 1.29 is 19.0 Å². The van der Waals surface area contributed by atoms with E-state index in [0.717, 1.165) is 16.5 Å². The highest BCUT2D eigenvalue weighted by molar-refractivity contribution is 6.03. The van der Waals surface area contributed by atoms with Crippen molar-refractivity contribution in [3.8, 4) is 23.0 Å². The molecule has 0 aliphatic rings. The van der Waals surface area contributed by atoms with E-state index in [4.69, 9.17) is 14.2 Å². The van der Waals surface area contributed by atoms with Gasteiger partial charge in [-0.2, -0.15) is 0 Å². The molecule has 5 aromatic rings. The lowest BCUT2D eigenvalue weighted by Gasteiger charge is -2.13. The molecule has 39 heavy (non-hydrogen) atoms. The van der Waals surface area contributed by atoms with Crippen LogP contribution >= 0.6 is 0 Å². The first-order valence-electron chi connectivity index (χ1n) is 12.2. The van der Waals surface area contributed by atoms with Crippen molar-refractivity contribution in [1.82, 2.24) is 14.5 Å². The molecule has 0 spiro atoms. The molecule has 0 saturated carbocycles. The smallest absolute Gasteiger partial charge is 0.263 e. The number of fused-ring (bicyclic) bond motifs is 1. The highest BCUT2D eigenvalue weighted by atomic mass is 16.5. The van der Waals surface area contributed by atoms with Gasteiger partial charge in [0.05, 0.1) is 32.5 Å². The minimum atomic E-state index is -0.534. The van der Waals surface area contributed by atoms with Crippen LogP contribution < -0.4 is 25.1 Å². The van der Waals surface area contributed by atoms with Crippen molar-refractivity contribution in [2.75, 3.05) is 19.5 Å². The van der Waals surface area contributed by atoms with E-state index in [9.17, 15) is 9.59 Å². The third-order valence-corrected chi connectivity index (χ3v) is 6.08. The average molecular weight is 523 g/mol. The number of carbonyl (C=O) groups is 1. The summed E-state index contributed by atoms with van der Waals surface area (Å²) in [4.78, 5) is 34.7. The molecule has 0 radical (unpaired) electrons. The van der Waals surface area contributed by atoms with Crippen LogP contribution in [-0.4, -0.2) is 34.7 Å². The number of ether oxygens (including phenoxy) is 3. The zero-order chi connectivity index (χ0) is 27.4. The van der Waals surface area contributed by atoms with Gasteiger partial charge in [-0.05, 0) is 48.4 Å². The molecule has 9 heteroatoms. The summed E-state index contributed by atoms with van der Waals surface area (Å²) in [6.45, 7) is 2.21. The molecule has 1 N–H and O–H groups in total. The summed E-state index contributed by atoms with van der Waals surface area (Å²) >= 11 is 0. The van der Waals surface area contributed by atoms with Gasteiger partial charge in [-0.1, -0.05) is 30.3 Å². The molecule has 9 nitrogen and oxygen atoms in total. The van der Waals surface area contributed by atoms with Crippen LogP contribution in [-0.2, 0) is 6.54 Å². The minimum absolute atomic E-state index is 0.0423. The molecule has 0 aliphatic heterocycles. The highest BCUT2D eigenvalue weighted by Crippen LogP contribution is 2.36. The molecule has 0 bridgehead atoms. The SMILES string of the molecule is COc1cc2nccc(Oc3ccc(NC(=O)c4cc(C)cn(Cc5ccccc5)c4=O)nc3)c2cc1OC. The lowest BCUT2D eigenvalue weighted by Crippen LogP contribution is -2.29. The number of hydrogen-bond acceptors (Lipinski definition) is 7. The second-order valence-electron chi connectivity index (χ2n) is 8.82. The van der Waals surface area contributed by atoms with Crippen LogP contribution in [0.15, 0.2) is 90.1 Å². The first-order chi connectivity index (χ1) is 18.9. The Kier molecular flexibility index (Phi) is 7.22. The number of aryl methyl sites for hydroxylation is 1. The fourth-order valence-electron chi connectivity index (χ4n) is 4.21. The number of anilines is 1. The molecule has 1 amide bonds. The number of benzene rings is 2. The summed E-state index contributed by atoms with van der Waals surface area (Å²) < 4.78 is 18.3. The van der Waals surface area contributed by atoms with E-state index in [1.165, 1.54) is 10.8 Å². The van der Waals surface area contributed by atoms with Crippen molar-refractivity contribution in [3.05, 3.63) is 112 Å². The number of hydrogen-bond donors (Lipinski definition) is 1. The topological polar surface area (TPSA) is 105 Å². The summed E-state index contributed by atoms with van der Waals surface area (Å²) in [5, 5.41) is 3.44. The zero-order valence-corrected chi connectivity index (χ0v) is 21.7. The molecular weight excluding hydrogens is 496 g/mol. The molecule has 196 valence electrons. The van der Waals surface area contributed by atoms with E-state index in [-0.39, 0.29) is 16.9 Å². The van der Waals surface area contributed by atoms with Gasteiger partial charge in [-0.15, -0.1) is 0 Å². The number of methoxy groups -OCH3 is 2. The molecule has 0 aliphatic carbocycles. The molecule has 0 atom stereocenters. The van der Waals surface area contributed by atoms with E-state index in [2.05, 4.69) is 15.3 Å². The third-order valence-electron chi connectivity index (χ3n) is 6.08. The summed E-state index contributed by atoms with van der Waals surface area (Å²) in [5.74, 6) is 1.88. The number of rotatable bonds is 8. The van der Waals surface area contributed by atoms with Gasteiger partial charge in [-0.3, -0.25) is 14.6 Å². The van der Waals surface area contributed by atoms with E-state index in [0.29, 0.717) is 35.1 Å². The number of amides is 1. The van der Waals surface area contributed by atoms with E-state index >= 15 is 0 Å². The molecular formula is C30H26N4O5. The third kappa shape index (κ3) is 5.57. The summed E-state index contributed by atoms with van der Waals surface area (Å²) in [6, 6.07) is 19.8. The Morgan fingerprint density at radius 2 is 1.69 bits per heavy atom. The predicted octanol–water partition coefficient (Wildman–Crippen LogP) is 5.21. The molecule has 3 heterocycles. The van der Waals surface area contributed by atoms with Gasteiger partial charge in [-0.25, -0.2) is 4.98 Å². The standard InChI is InChI=1S/C30H26N4O5/c1-19-13-23(30(36)34(17-19)18-20-7-5-4-6-8-20)29(35)33-28-10-9-21(16-32-28)39-25-11-12-31-24-15-27(38-3)26(37-2)14-22(24)25/h4-17H,18H2,1-3H3,(H,32,33,35). The van der Waals surface area contributed by atoms with Gasteiger partial charge < -0.3 is 24.1 Å². The van der Waals surface area contributed by atoms with Crippen LogP contribution in [0.2, 0.25) is 0 Å². The molecule has 0 fully saturated rings. The van der Waals surface area contributed by atoms with Crippen molar-refractivity contribution in [3.63, 3.8) is 0 Å². The number of nitrogens with one attached hydrogen (secondary N) is 1. The number of pyridine rings is 3. The van der Waals surface area contributed by atoms with Crippen LogP contribution in [0.1, 0.15) is 21.5 Å². The molecule has 3 aromatic heterocycles. The fraction of sp³-hybridized carbons (Fsp3) is 0.133. The zero-order valence-electron chi connectivity index (χ0n) is 21.7. The van der Waals surface area contributed by atoms with Crippen LogP contribution in [0, 0.1) is 6.92 Å². The number of nitrogens with zero attached hydrogens (tertiary/aromatic N) is 3. The maximum atomic E-state index is 13.0. The Morgan fingerprint density at radius 3 is 2.41 bits per heavy atom. The number of carbonyl (C=O) groups excluding carboxylic acids is 1. The lowest BCUT2D eigenvalue weighted by atomic mass is 10.1.